The van der Waals surface area contributed by atoms with E-state index in [2.05, 4.69) is 18.2 Å². The summed E-state index contributed by atoms with van der Waals surface area (Å²) in [6.07, 6.45) is 7.50. The molecule has 1 aromatic rings. The molecule has 1 fully saturated rings. The van der Waals surface area contributed by atoms with Gasteiger partial charge in [-0.05, 0) is 62.1 Å². The van der Waals surface area contributed by atoms with Crippen molar-refractivity contribution in [1.29, 1.82) is 0 Å². The number of piperidine rings is 1. The second-order valence-corrected chi connectivity index (χ2v) is 6.64. The van der Waals surface area contributed by atoms with Crippen LogP contribution in [0.4, 0.5) is 0 Å². The van der Waals surface area contributed by atoms with Gasteiger partial charge in [-0.2, -0.15) is 0 Å². The minimum absolute atomic E-state index is 0.0641. The van der Waals surface area contributed by atoms with Gasteiger partial charge in [0.2, 0.25) is 5.91 Å². The molecule has 3 nitrogen and oxygen atoms in total. The molecule has 1 aromatic carbocycles. The number of rotatable bonds is 3. The van der Waals surface area contributed by atoms with Crippen molar-refractivity contribution in [3.8, 4) is 0 Å². The van der Waals surface area contributed by atoms with Gasteiger partial charge in [0.25, 0.3) is 0 Å². The third kappa shape index (κ3) is 3.13. The second-order valence-electron chi connectivity index (χ2n) is 6.64. The maximum atomic E-state index is 12.7. The van der Waals surface area contributed by atoms with Crippen molar-refractivity contribution in [1.82, 2.24) is 4.90 Å². The number of nitrogens with two attached hydrogens (primary N) is 1. The number of amides is 1. The predicted molar refractivity (Wildman–Crippen MR) is 85.2 cm³/mol. The van der Waals surface area contributed by atoms with Gasteiger partial charge in [0.15, 0.2) is 0 Å². The fourth-order valence-corrected chi connectivity index (χ4v) is 3.82. The number of aryl methyl sites for hydroxylation is 2. The van der Waals surface area contributed by atoms with Crippen molar-refractivity contribution in [2.24, 2.45) is 5.73 Å². The molecular weight excluding hydrogens is 260 g/mol. The lowest BCUT2D eigenvalue weighted by molar-refractivity contribution is -0.134. The lowest BCUT2D eigenvalue weighted by Gasteiger charge is -2.38. The molecule has 0 saturated carbocycles. The van der Waals surface area contributed by atoms with Crippen LogP contribution in [0, 0.1) is 0 Å². The summed E-state index contributed by atoms with van der Waals surface area (Å²) in [6.45, 7) is 2.89. The van der Waals surface area contributed by atoms with Crippen LogP contribution in [0.1, 0.15) is 49.3 Å². The molecule has 1 amide bonds. The Morgan fingerprint density at radius 2 is 2.10 bits per heavy atom. The van der Waals surface area contributed by atoms with E-state index in [1.54, 1.807) is 0 Å². The zero-order chi connectivity index (χ0) is 14.8. The first-order valence-corrected chi connectivity index (χ1v) is 8.31. The van der Waals surface area contributed by atoms with Crippen molar-refractivity contribution in [3.63, 3.8) is 0 Å². The summed E-state index contributed by atoms with van der Waals surface area (Å²) >= 11 is 0. The van der Waals surface area contributed by atoms with E-state index in [9.17, 15) is 4.79 Å². The van der Waals surface area contributed by atoms with Gasteiger partial charge in [0, 0.05) is 18.6 Å². The molecule has 2 aliphatic rings. The molecule has 1 aliphatic carbocycles. The fourth-order valence-electron chi connectivity index (χ4n) is 3.82. The lowest BCUT2D eigenvalue weighted by atomic mass is 9.95. The van der Waals surface area contributed by atoms with Gasteiger partial charge in [-0.15, -0.1) is 0 Å². The largest absolute Gasteiger partial charge is 0.338 e. The molecule has 0 radical (unpaired) electrons. The Morgan fingerprint density at radius 3 is 2.90 bits per heavy atom. The Labute approximate surface area is 127 Å². The Kier molecular flexibility index (Phi) is 4.29. The van der Waals surface area contributed by atoms with Gasteiger partial charge in [-0.3, -0.25) is 4.79 Å². The van der Waals surface area contributed by atoms with E-state index in [-0.39, 0.29) is 18.0 Å². The van der Waals surface area contributed by atoms with Gasteiger partial charge in [0.1, 0.15) is 0 Å². The molecule has 3 rings (SSSR count). The van der Waals surface area contributed by atoms with E-state index in [4.69, 9.17) is 5.73 Å². The normalized spacial score (nSPS) is 23.0. The highest BCUT2D eigenvalue weighted by molar-refractivity contribution is 5.79. The summed E-state index contributed by atoms with van der Waals surface area (Å²) < 4.78 is 0. The molecule has 2 atom stereocenters. The highest BCUT2D eigenvalue weighted by Gasteiger charge is 2.29. The standard InChI is InChI=1S/C18H26N2O/c1-13(19)17-7-2-3-10-20(17)18(21)12-14-8-9-15-5-4-6-16(15)11-14/h8-9,11,13,17H,2-7,10,12,19H2,1H3. The number of likely N-dealkylation sites (tertiary alicyclic amines) is 1. The van der Waals surface area contributed by atoms with Crippen LogP contribution in [0.25, 0.3) is 0 Å². The van der Waals surface area contributed by atoms with E-state index in [1.165, 1.54) is 36.8 Å². The van der Waals surface area contributed by atoms with Gasteiger partial charge >= 0.3 is 0 Å². The molecule has 2 unspecified atom stereocenters. The van der Waals surface area contributed by atoms with E-state index in [0.29, 0.717) is 6.42 Å². The third-order valence-corrected chi connectivity index (χ3v) is 4.99. The molecule has 3 heteroatoms. The molecule has 1 aliphatic heterocycles. The number of fused-ring (bicyclic) bond motifs is 1. The molecule has 0 bridgehead atoms. The van der Waals surface area contributed by atoms with Crippen LogP contribution in [0.2, 0.25) is 0 Å². The van der Waals surface area contributed by atoms with Crippen LogP contribution in [-0.2, 0) is 24.1 Å². The monoisotopic (exact) mass is 286 g/mol. The third-order valence-electron chi connectivity index (χ3n) is 4.99. The van der Waals surface area contributed by atoms with Gasteiger partial charge in [-0.25, -0.2) is 0 Å². The summed E-state index contributed by atoms with van der Waals surface area (Å²) in [7, 11) is 0. The molecule has 1 saturated heterocycles. The van der Waals surface area contributed by atoms with Crippen molar-refractivity contribution in [2.75, 3.05) is 6.54 Å². The minimum Gasteiger partial charge on any atom is -0.338 e. The zero-order valence-corrected chi connectivity index (χ0v) is 13.0. The average Bonchev–Trinajstić information content (AvgIpc) is 2.94. The highest BCUT2D eigenvalue weighted by atomic mass is 16.2. The Bertz CT molecular complexity index is 524. The highest BCUT2D eigenvalue weighted by Crippen LogP contribution is 2.24. The Morgan fingerprint density at radius 1 is 1.29 bits per heavy atom. The summed E-state index contributed by atoms with van der Waals surface area (Å²) in [6, 6.07) is 6.87. The van der Waals surface area contributed by atoms with Gasteiger partial charge < -0.3 is 10.6 Å². The number of hydrogen-bond acceptors (Lipinski definition) is 2. The van der Waals surface area contributed by atoms with Crippen LogP contribution >= 0.6 is 0 Å². The van der Waals surface area contributed by atoms with E-state index < -0.39 is 0 Å². The number of hydrogen-bond donors (Lipinski definition) is 1. The molecule has 2 N–H and O–H groups in total. The first kappa shape index (κ1) is 14.6. The Balaban J connectivity index is 1.70. The minimum atomic E-state index is 0.0641. The van der Waals surface area contributed by atoms with Crippen LogP contribution in [0.3, 0.4) is 0 Å². The summed E-state index contributed by atoms with van der Waals surface area (Å²) in [4.78, 5) is 14.7. The summed E-state index contributed by atoms with van der Waals surface area (Å²) in [5.41, 5.74) is 10.1. The average molecular weight is 286 g/mol. The lowest BCUT2D eigenvalue weighted by Crippen LogP contribution is -2.52. The molecular formula is C18H26N2O. The summed E-state index contributed by atoms with van der Waals surface area (Å²) in [5, 5.41) is 0. The molecule has 1 heterocycles. The predicted octanol–water partition coefficient (Wildman–Crippen LogP) is 2.45. The van der Waals surface area contributed by atoms with Crippen LogP contribution in [-0.4, -0.2) is 29.4 Å². The molecule has 114 valence electrons. The van der Waals surface area contributed by atoms with Crippen molar-refractivity contribution in [2.45, 2.75) is 64.0 Å². The first-order chi connectivity index (χ1) is 10.1. The van der Waals surface area contributed by atoms with Gasteiger partial charge in [-0.1, -0.05) is 18.2 Å². The molecule has 0 spiro atoms. The first-order valence-electron chi connectivity index (χ1n) is 8.31. The van der Waals surface area contributed by atoms with E-state index >= 15 is 0 Å². The van der Waals surface area contributed by atoms with Gasteiger partial charge in [0.05, 0.1) is 6.42 Å². The number of nitrogens with zero attached hydrogens (tertiary/aromatic N) is 1. The molecule has 0 aromatic heterocycles. The fraction of sp³-hybridized carbons (Fsp3) is 0.611. The van der Waals surface area contributed by atoms with Crippen molar-refractivity contribution >= 4 is 5.91 Å². The van der Waals surface area contributed by atoms with Crippen LogP contribution in [0.5, 0.6) is 0 Å². The van der Waals surface area contributed by atoms with E-state index in [1.807, 2.05) is 11.8 Å². The second kappa shape index (κ2) is 6.18. The number of benzene rings is 1. The van der Waals surface area contributed by atoms with E-state index in [0.717, 1.165) is 24.9 Å². The maximum absolute atomic E-state index is 12.7. The van der Waals surface area contributed by atoms with Crippen molar-refractivity contribution in [3.05, 3.63) is 34.9 Å². The quantitative estimate of drug-likeness (QED) is 0.927. The van der Waals surface area contributed by atoms with Crippen LogP contribution in [0.15, 0.2) is 18.2 Å². The smallest absolute Gasteiger partial charge is 0.227 e. The molecule has 21 heavy (non-hydrogen) atoms. The Hall–Kier alpha value is -1.35. The van der Waals surface area contributed by atoms with Crippen LogP contribution < -0.4 is 5.73 Å². The van der Waals surface area contributed by atoms with Crippen molar-refractivity contribution < 1.29 is 4.79 Å². The zero-order valence-electron chi connectivity index (χ0n) is 13.0. The number of carbonyl (C=O) groups is 1. The number of carbonyl (C=O) groups excluding carboxylic acids is 1. The maximum Gasteiger partial charge on any atom is 0.227 e. The topological polar surface area (TPSA) is 46.3 Å². The SMILES string of the molecule is CC(N)C1CCCCN1C(=O)Cc1ccc2c(c1)CCC2. The summed E-state index contributed by atoms with van der Waals surface area (Å²) in [5.74, 6) is 0.245.